The highest BCUT2D eigenvalue weighted by Gasteiger charge is 2.38. The summed E-state index contributed by atoms with van der Waals surface area (Å²) >= 11 is 0. The standard InChI is InChI=1S/C31H31N3O4/c1-19(33-34-30(35)29(37-2)21-8-5-4-6-9-21)23-16-17-27-26(18-23)24-10-7-11-25(24)28(32-27)20-12-14-22(15-13-20)31(36)38-3/h4-10,12-18,24-25,28-29,32H,11H2,1-3H3,(H,34,35)/b33-19-/t24-,25+,28+,29-/m1/s1. The number of amides is 1. The van der Waals surface area contributed by atoms with E-state index in [-0.39, 0.29) is 23.8 Å². The molecule has 0 spiro atoms. The molecular formula is C31H31N3O4. The minimum Gasteiger partial charge on any atom is -0.465 e. The molecule has 0 saturated heterocycles. The van der Waals surface area contributed by atoms with Crippen molar-refractivity contribution in [3.63, 3.8) is 0 Å². The van der Waals surface area contributed by atoms with Crippen molar-refractivity contribution in [1.82, 2.24) is 5.43 Å². The quantitative estimate of drug-likeness (QED) is 0.189. The number of ether oxygens (including phenoxy) is 2. The molecule has 0 fully saturated rings. The number of allylic oxidation sites excluding steroid dienone is 2. The van der Waals surface area contributed by atoms with Crippen molar-refractivity contribution in [3.8, 4) is 0 Å². The lowest BCUT2D eigenvalue weighted by molar-refractivity contribution is -0.131. The number of nitrogens with zero attached hydrogens (tertiary/aromatic N) is 1. The van der Waals surface area contributed by atoms with Crippen molar-refractivity contribution in [3.05, 3.63) is 113 Å². The Balaban J connectivity index is 1.35. The third-order valence-corrected chi connectivity index (χ3v) is 7.38. The summed E-state index contributed by atoms with van der Waals surface area (Å²) in [6, 6.07) is 23.4. The van der Waals surface area contributed by atoms with E-state index in [9.17, 15) is 9.59 Å². The summed E-state index contributed by atoms with van der Waals surface area (Å²) in [6.07, 6.45) is 4.75. The van der Waals surface area contributed by atoms with Crippen LogP contribution >= 0.6 is 0 Å². The number of anilines is 1. The normalized spacial score (nSPS) is 20.6. The molecule has 5 rings (SSSR count). The zero-order chi connectivity index (χ0) is 26.6. The Labute approximate surface area is 222 Å². The smallest absolute Gasteiger partial charge is 0.337 e. The number of hydrazone groups is 1. The molecule has 0 aromatic heterocycles. The highest BCUT2D eigenvalue weighted by molar-refractivity contribution is 6.00. The van der Waals surface area contributed by atoms with Crippen LogP contribution in [-0.4, -0.2) is 31.8 Å². The Bertz CT molecular complexity index is 1380. The number of benzene rings is 3. The molecule has 1 aliphatic heterocycles. The Morgan fingerprint density at radius 2 is 1.74 bits per heavy atom. The van der Waals surface area contributed by atoms with Gasteiger partial charge in [0.25, 0.3) is 5.91 Å². The van der Waals surface area contributed by atoms with Gasteiger partial charge in [0.05, 0.1) is 24.4 Å². The van der Waals surface area contributed by atoms with E-state index in [0.29, 0.717) is 17.2 Å². The number of rotatable bonds is 7. The number of fused-ring (bicyclic) bond motifs is 3. The maximum atomic E-state index is 12.8. The monoisotopic (exact) mass is 509 g/mol. The molecule has 0 unspecified atom stereocenters. The predicted molar refractivity (Wildman–Crippen MR) is 147 cm³/mol. The third-order valence-electron chi connectivity index (χ3n) is 7.38. The fourth-order valence-electron chi connectivity index (χ4n) is 5.38. The third kappa shape index (κ3) is 4.97. The molecule has 1 amide bonds. The summed E-state index contributed by atoms with van der Waals surface area (Å²) in [5.41, 5.74) is 9.05. The number of hydrogen-bond acceptors (Lipinski definition) is 6. The zero-order valence-corrected chi connectivity index (χ0v) is 21.7. The fourth-order valence-corrected chi connectivity index (χ4v) is 5.38. The van der Waals surface area contributed by atoms with Gasteiger partial charge in [0.15, 0.2) is 6.10 Å². The summed E-state index contributed by atoms with van der Waals surface area (Å²) in [5.74, 6) is -0.0446. The van der Waals surface area contributed by atoms with Crippen LogP contribution in [0.4, 0.5) is 5.69 Å². The molecule has 1 aliphatic carbocycles. The van der Waals surface area contributed by atoms with Gasteiger partial charge in [0.2, 0.25) is 0 Å². The van der Waals surface area contributed by atoms with E-state index in [4.69, 9.17) is 9.47 Å². The molecule has 3 aromatic rings. The van der Waals surface area contributed by atoms with Crippen molar-refractivity contribution in [2.24, 2.45) is 11.0 Å². The average Bonchev–Trinajstić information content (AvgIpc) is 3.46. The van der Waals surface area contributed by atoms with E-state index < -0.39 is 6.10 Å². The first kappa shape index (κ1) is 25.4. The number of hydrogen-bond donors (Lipinski definition) is 2. The summed E-state index contributed by atoms with van der Waals surface area (Å²) in [4.78, 5) is 24.6. The average molecular weight is 510 g/mol. The Hall–Kier alpha value is -4.23. The van der Waals surface area contributed by atoms with Gasteiger partial charge in [-0.2, -0.15) is 5.10 Å². The van der Waals surface area contributed by atoms with E-state index in [1.165, 1.54) is 19.8 Å². The minimum atomic E-state index is -0.733. The van der Waals surface area contributed by atoms with Gasteiger partial charge in [0, 0.05) is 18.7 Å². The van der Waals surface area contributed by atoms with Crippen LogP contribution in [0.25, 0.3) is 0 Å². The molecule has 0 bridgehead atoms. The molecule has 3 aromatic carbocycles. The van der Waals surface area contributed by atoms with Crippen molar-refractivity contribution in [2.45, 2.75) is 31.4 Å². The van der Waals surface area contributed by atoms with Gasteiger partial charge >= 0.3 is 5.97 Å². The molecule has 0 radical (unpaired) electrons. The Morgan fingerprint density at radius 1 is 1.00 bits per heavy atom. The zero-order valence-electron chi connectivity index (χ0n) is 21.7. The van der Waals surface area contributed by atoms with E-state index in [0.717, 1.165) is 28.8 Å². The molecule has 7 heteroatoms. The van der Waals surface area contributed by atoms with Crippen molar-refractivity contribution in [1.29, 1.82) is 0 Å². The van der Waals surface area contributed by atoms with Crippen molar-refractivity contribution >= 4 is 23.3 Å². The second kappa shape index (κ2) is 11.0. The number of carbonyl (C=O) groups excluding carboxylic acids is 2. The summed E-state index contributed by atoms with van der Waals surface area (Å²) < 4.78 is 10.2. The highest BCUT2D eigenvalue weighted by atomic mass is 16.5. The van der Waals surface area contributed by atoms with E-state index in [1.807, 2.05) is 67.6 Å². The largest absolute Gasteiger partial charge is 0.465 e. The Morgan fingerprint density at radius 3 is 2.45 bits per heavy atom. The lowest BCUT2D eigenvalue weighted by Gasteiger charge is -2.37. The highest BCUT2D eigenvalue weighted by Crippen LogP contribution is 2.50. The summed E-state index contributed by atoms with van der Waals surface area (Å²) in [6.45, 7) is 1.89. The van der Waals surface area contributed by atoms with Crippen molar-refractivity contribution < 1.29 is 19.1 Å². The lowest BCUT2D eigenvalue weighted by atomic mass is 9.76. The van der Waals surface area contributed by atoms with Gasteiger partial charge in [-0.25, -0.2) is 10.2 Å². The van der Waals surface area contributed by atoms with Gasteiger partial charge in [0.1, 0.15) is 0 Å². The van der Waals surface area contributed by atoms with E-state index in [1.54, 1.807) is 0 Å². The fraction of sp³-hybridized carbons (Fsp3) is 0.258. The van der Waals surface area contributed by atoms with Crippen LogP contribution in [0.2, 0.25) is 0 Å². The van der Waals surface area contributed by atoms with Crippen LogP contribution in [0.3, 0.4) is 0 Å². The Kier molecular flexibility index (Phi) is 7.38. The van der Waals surface area contributed by atoms with Crippen LogP contribution in [0.5, 0.6) is 0 Å². The van der Waals surface area contributed by atoms with Crippen LogP contribution in [0.1, 0.15) is 64.0 Å². The molecule has 2 aliphatic rings. The van der Waals surface area contributed by atoms with Gasteiger partial charge in [-0.1, -0.05) is 60.7 Å². The number of carbonyl (C=O) groups is 2. The maximum Gasteiger partial charge on any atom is 0.337 e. The summed E-state index contributed by atoms with van der Waals surface area (Å²) in [5, 5.41) is 8.10. The molecular weight excluding hydrogens is 478 g/mol. The van der Waals surface area contributed by atoms with Crippen LogP contribution in [0.15, 0.2) is 90.0 Å². The number of methoxy groups -OCH3 is 2. The van der Waals surface area contributed by atoms with Gasteiger partial charge in [-0.05, 0) is 65.8 Å². The van der Waals surface area contributed by atoms with Gasteiger partial charge < -0.3 is 14.8 Å². The second-order valence-corrected chi connectivity index (χ2v) is 9.59. The second-order valence-electron chi connectivity index (χ2n) is 9.59. The topological polar surface area (TPSA) is 89.0 Å². The summed E-state index contributed by atoms with van der Waals surface area (Å²) in [7, 11) is 2.90. The molecule has 1 heterocycles. The maximum absolute atomic E-state index is 12.8. The van der Waals surface area contributed by atoms with Crippen molar-refractivity contribution in [2.75, 3.05) is 19.5 Å². The van der Waals surface area contributed by atoms with Crippen LogP contribution < -0.4 is 10.7 Å². The van der Waals surface area contributed by atoms with Gasteiger partial charge in [-0.3, -0.25) is 4.79 Å². The first-order valence-corrected chi connectivity index (χ1v) is 12.7. The lowest BCUT2D eigenvalue weighted by Crippen LogP contribution is -2.29. The SMILES string of the molecule is COC(=O)c1ccc([C@@H]2Nc3ccc(/C(C)=N\NC(=O)[C@H](OC)c4ccccc4)cc3[C@@H]3C=CC[C@@H]32)cc1. The molecule has 7 nitrogen and oxygen atoms in total. The van der Waals surface area contributed by atoms with E-state index >= 15 is 0 Å². The first-order chi connectivity index (χ1) is 18.5. The van der Waals surface area contributed by atoms with Gasteiger partial charge in [-0.15, -0.1) is 0 Å². The first-order valence-electron chi connectivity index (χ1n) is 12.7. The van der Waals surface area contributed by atoms with Crippen LogP contribution in [0, 0.1) is 5.92 Å². The molecule has 194 valence electrons. The molecule has 38 heavy (non-hydrogen) atoms. The number of nitrogens with one attached hydrogen (secondary N) is 2. The van der Waals surface area contributed by atoms with E-state index in [2.05, 4.69) is 40.1 Å². The predicted octanol–water partition coefficient (Wildman–Crippen LogP) is 5.53. The molecule has 2 N–H and O–H groups in total. The molecule has 0 saturated carbocycles. The molecule has 4 atom stereocenters. The minimum absolute atomic E-state index is 0.123. The van der Waals surface area contributed by atoms with Crippen LogP contribution in [-0.2, 0) is 14.3 Å². The number of esters is 1.